The Morgan fingerprint density at radius 2 is 1.93 bits per heavy atom. The molecule has 5 heteroatoms. The lowest BCUT2D eigenvalue weighted by molar-refractivity contribution is -0.125. The van der Waals surface area contributed by atoms with Crippen molar-refractivity contribution in [1.29, 1.82) is 0 Å². The van der Waals surface area contributed by atoms with E-state index in [2.05, 4.69) is 34.1 Å². The Labute approximate surface area is 180 Å². The molecule has 1 amide bonds. The van der Waals surface area contributed by atoms with E-state index in [-0.39, 0.29) is 5.91 Å². The first-order valence-electron chi connectivity index (χ1n) is 9.90. The molecule has 0 fully saturated rings. The minimum atomic E-state index is 0.00875. The molecule has 3 rings (SSSR count). The topological polar surface area (TPSA) is 42.7 Å². The largest absolute Gasteiger partial charge is 0.493 e. The molecule has 0 unspecified atom stereocenters. The maximum Gasteiger partial charge on any atom is 0.246 e. The summed E-state index contributed by atoms with van der Waals surface area (Å²) in [7, 11) is 0. The van der Waals surface area contributed by atoms with Gasteiger partial charge in [-0.25, -0.2) is 0 Å². The van der Waals surface area contributed by atoms with E-state index in [9.17, 15) is 4.79 Å². The van der Waals surface area contributed by atoms with E-state index in [1.807, 2.05) is 45.9 Å². The minimum Gasteiger partial charge on any atom is -0.493 e. The fraction of sp³-hybridized carbons (Fsp3) is 0.292. The fourth-order valence-corrected chi connectivity index (χ4v) is 3.81. The number of amides is 1. The van der Waals surface area contributed by atoms with Crippen LogP contribution in [0.5, 0.6) is 5.75 Å². The van der Waals surface area contributed by atoms with Crippen molar-refractivity contribution < 1.29 is 13.9 Å². The molecule has 0 aliphatic carbocycles. The molecule has 0 atom stereocenters. The van der Waals surface area contributed by atoms with E-state index in [0.29, 0.717) is 19.7 Å². The van der Waals surface area contributed by atoms with Crippen LogP contribution in [0.1, 0.15) is 33.3 Å². The first-order chi connectivity index (χ1) is 14.0. The first-order valence-corrected chi connectivity index (χ1v) is 10.7. The van der Waals surface area contributed by atoms with E-state index in [1.165, 1.54) is 0 Å². The van der Waals surface area contributed by atoms with Crippen molar-refractivity contribution in [2.24, 2.45) is 0 Å². The predicted molar refractivity (Wildman–Crippen MR) is 122 cm³/mol. The smallest absolute Gasteiger partial charge is 0.246 e. The van der Waals surface area contributed by atoms with Crippen LogP contribution < -0.4 is 4.74 Å². The van der Waals surface area contributed by atoms with E-state index in [4.69, 9.17) is 9.15 Å². The van der Waals surface area contributed by atoms with Crippen LogP contribution >= 0.6 is 15.9 Å². The second-order valence-corrected chi connectivity index (χ2v) is 7.69. The van der Waals surface area contributed by atoms with E-state index in [1.54, 1.807) is 17.2 Å². The number of nitrogens with zero attached hydrogens (tertiary/aromatic N) is 1. The molecule has 1 aromatic heterocycles. The SMILES string of the molecule is CCOc1cc2occ(-c3cccc(Br)c3)c2cc1/C(C)=C/C(=O)N(CC)CC. The predicted octanol–water partition coefficient (Wildman–Crippen LogP) is 6.53. The lowest BCUT2D eigenvalue weighted by Gasteiger charge is -2.17. The Kier molecular flexibility index (Phi) is 6.80. The Hall–Kier alpha value is -2.53. The van der Waals surface area contributed by atoms with Crippen molar-refractivity contribution in [1.82, 2.24) is 4.90 Å². The average Bonchev–Trinajstić information content (AvgIpc) is 3.11. The van der Waals surface area contributed by atoms with Crippen molar-refractivity contribution in [2.45, 2.75) is 27.7 Å². The fourth-order valence-electron chi connectivity index (χ4n) is 3.41. The number of ether oxygens (including phenoxy) is 1. The number of carbonyl (C=O) groups is 1. The molecule has 0 saturated heterocycles. The lowest BCUT2D eigenvalue weighted by Crippen LogP contribution is -2.28. The summed E-state index contributed by atoms with van der Waals surface area (Å²) in [5.41, 5.74) is 4.60. The number of carbonyl (C=O) groups excluding carboxylic acids is 1. The number of hydrogen-bond acceptors (Lipinski definition) is 3. The molecule has 0 N–H and O–H groups in total. The quantitative estimate of drug-likeness (QED) is 0.380. The normalized spacial score (nSPS) is 11.7. The van der Waals surface area contributed by atoms with Gasteiger partial charge in [0.25, 0.3) is 0 Å². The van der Waals surface area contributed by atoms with Gasteiger partial charge in [-0.3, -0.25) is 4.79 Å². The van der Waals surface area contributed by atoms with Gasteiger partial charge in [0.15, 0.2) is 0 Å². The zero-order valence-electron chi connectivity index (χ0n) is 17.3. The third-order valence-corrected chi connectivity index (χ3v) is 5.44. The van der Waals surface area contributed by atoms with E-state index >= 15 is 0 Å². The molecule has 0 aliphatic heterocycles. The summed E-state index contributed by atoms with van der Waals surface area (Å²) in [6.07, 6.45) is 3.46. The average molecular weight is 456 g/mol. The summed E-state index contributed by atoms with van der Waals surface area (Å²) in [4.78, 5) is 14.4. The Morgan fingerprint density at radius 3 is 2.59 bits per heavy atom. The van der Waals surface area contributed by atoms with Crippen LogP contribution in [0, 0.1) is 0 Å². The van der Waals surface area contributed by atoms with Crippen molar-refractivity contribution >= 4 is 38.4 Å². The molecular formula is C24H26BrNO3. The summed E-state index contributed by atoms with van der Waals surface area (Å²) >= 11 is 3.53. The van der Waals surface area contributed by atoms with Gasteiger partial charge in [0.1, 0.15) is 11.3 Å². The van der Waals surface area contributed by atoms with Crippen LogP contribution in [0.15, 0.2) is 57.6 Å². The molecule has 0 saturated carbocycles. The monoisotopic (exact) mass is 455 g/mol. The van der Waals surface area contributed by atoms with Crippen LogP contribution in [0.4, 0.5) is 0 Å². The zero-order chi connectivity index (χ0) is 21.0. The standard InChI is InChI=1S/C24H26BrNO3/c1-5-26(6-2)24(27)11-16(4)19-13-20-21(17-9-8-10-18(25)12-17)15-29-23(20)14-22(19)28-7-3/h8-15H,5-7H2,1-4H3/b16-11+. The number of rotatable bonds is 7. The molecular weight excluding hydrogens is 430 g/mol. The van der Waals surface area contributed by atoms with Gasteiger partial charge in [-0.1, -0.05) is 28.1 Å². The summed E-state index contributed by atoms with van der Waals surface area (Å²) in [6.45, 7) is 9.77. The van der Waals surface area contributed by atoms with Gasteiger partial charge in [0.2, 0.25) is 5.91 Å². The second-order valence-electron chi connectivity index (χ2n) is 6.78. The van der Waals surface area contributed by atoms with Gasteiger partial charge in [-0.05, 0) is 57.0 Å². The summed E-state index contributed by atoms with van der Waals surface area (Å²) < 4.78 is 12.7. The highest BCUT2D eigenvalue weighted by Crippen LogP contribution is 2.38. The maximum atomic E-state index is 12.6. The molecule has 0 bridgehead atoms. The van der Waals surface area contributed by atoms with Crippen molar-refractivity contribution in [2.75, 3.05) is 19.7 Å². The van der Waals surface area contributed by atoms with Crippen LogP contribution in [0.25, 0.3) is 27.7 Å². The molecule has 2 aromatic carbocycles. The highest BCUT2D eigenvalue weighted by molar-refractivity contribution is 9.10. The summed E-state index contributed by atoms with van der Waals surface area (Å²) in [5, 5.41) is 0.990. The Morgan fingerprint density at radius 1 is 1.17 bits per heavy atom. The summed E-state index contributed by atoms with van der Waals surface area (Å²) in [5.74, 6) is 0.727. The Bertz CT molecular complexity index is 1050. The molecule has 0 radical (unpaired) electrons. The van der Waals surface area contributed by atoms with Crippen molar-refractivity contribution in [3.05, 3.63) is 58.8 Å². The van der Waals surface area contributed by atoms with E-state index in [0.717, 1.165) is 43.5 Å². The number of fused-ring (bicyclic) bond motifs is 1. The molecule has 3 aromatic rings. The molecule has 1 heterocycles. The Balaban J connectivity index is 2.13. The van der Waals surface area contributed by atoms with Crippen molar-refractivity contribution in [3.63, 3.8) is 0 Å². The number of furan rings is 1. The minimum absolute atomic E-state index is 0.00875. The van der Waals surface area contributed by atoms with Gasteiger partial charge in [-0.15, -0.1) is 0 Å². The van der Waals surface area contributed by atoms with Gasteiger partial charge in [0.05, 0.1) is 12.9 Å². The number of hydrogen-bond donors (Lipinski definition) is 0. The van der Waals surface area contributed by atoms with Crippen molar-refractivity contribution in [3.8, 4) is 16.9 Å². The highest BCUT2D eigenvalue weighted by atomic mass is 79.9. The van der Waals surface area contributed by atoms with Crippen LogP contribution in [0.3, 0.4) is 0 Å². The number of benzene rings is 2. The number of likely N-dealkylation sites (N-methyl/N-ethyl adjacent to an activating group) is 1. The molecule has 29 heavy (non-hydrogen) atoms. The zero-order valence-corrected chi connectivity index (χ0v) is 18.9. The van der Waals surface area contributed by atoms with Gasteiger partial charge in [-0.2, -0.15) is 0 Å². The summed E-state index contributed by atoms with van der Waals surface area (Å²) in [6, 6.07) is 12.1. The van der Waals surface area contributed by atoms with E-state index < -0.39 is 0 Å². The second kappa shape index (κ2) is 9.31. The maximum absolute atomic E-state index is 12.6. The van der Waals surface area contributed by atoms with Crippen LogP contribution in [0.2, 0.25) is 0 Å². The lowest BCUT2D eigenvalue weighted by atomic mass is 9.99. The van der Waals surface area contributed by atoms with Crippen LogP contribution in [-0.2, 0) is 4.79 Å². The molecule has 0 spiro atoms. The van der Waals surface area contributed by atoms with Crippen LogP contribution in [-0.4, -0.2) is 30.5 Å². The molecule has 0 aliphatic rings. The molecule has 4 nitrogen and oxygen atoms in total. The van der Waals surface area contributed by atoms with Gasteiger partial charge < -0.3 is 14.1 Å². The van der Waals surface area contributed by atoms with Gasteiger partial charge >= 0.3 is 0 Å². The third kappa shape index (κ3) is 4.56. The highest BCUT2D eigenvalue weighted by Gasteiger charge is 2.16. The first kappa shape index (κ1) is 21.2. The van der Waals surface area contributed by atoms with Gasteiger partial charge in [0, 0.05) is 46.2 Å². The number of halogens is 1. The third-order valence-electron chi connectivity index (χ3n) is 4.95. The number of allylic oxidation sites excluding steroid dienone is 1. The molecule has 152 valence electrons.